The van der Waals surface area contributed by atoms with Crippen molar-refractivity contribution in [1.82, 2.24) is 4.90 Å². The van der Waals surface area contributed by atoms with Crippen molar-refractivity contribution in [3.63, 3.8) is 0 Å². The summed E-state index contributed by atoms with van der Waals surface area (Å²) in [4.78, 5) is 41.9. The Morgan fingerprint density at radius 3 is 2.02 bits per heavy atom. The van der Waals surface area contributed by atoms with Gasteiger partial charge in [-0.1, -0.05) is 51.4 Å². The number of nitrogens with zero attached hydrogens (tertiary/aromatic N) is 1. The fraction of sp³-hybridized carbons (Fsp3) is 0.441. The first kappa shape index (κ1) is 31.6. The average Bonchev–Trinajstić information content (AvgIpc) is 2.88. The first-order valence-corrected chi connectivity index (χ1v) is 16.0. The van der Waals surface area contributed by atoms with E-state index in [0.717, 1.165) is 14.7 Å². The third-order valence-electron chi connectivity index (χ3n) is 8.28. The normalized spacial score (nSPS) is 19.7. The van der Waals surface area contributed by atoms with Crippen LogP contribution in [-0.4, -0.2) is 40.7 Å². The van der Waals surface area contributed by atoms with E-state index in [1.54, 1.807) is 4.90 Å². The van der Waals surface area contributed by atoms with Crippen molar-refractivity contribution < 1.29 is 29.0 Å². The van der Waals surface area contributed by atoms with Crippen molar-refractivity contribution in [3.8, 4) is 11.5 Å². The van der Waals surface area contributed by atoms with Crippen LogP contribution in [0.2, 0.25) is 5.02 Å². The molecule has 0 saturated carbocycles. The number of benzene rings is 2. The number of hydrogen-bond acceptors (Lipinski definition) is 6. The minimum absolute atomic E-state index is 0.0492. The van der Waals surface area contributed by atoms with Gasteiger partial charge in [0.25, 0.3) is 0 Å². The predicted molar refractivity (Wildman–Crippen MR) is 173 cm³/mol. The molecule has 0 aromatic heterocycles. The van der Waals surface area contributed by atoms with Gasteiger partial charge in [0, 0.05) is 46.3 Å². The van der Waals surface area contributed by atoms with Gasteiger partial charge >= 0.3 is 5.97 Å². The van der Waals surface area contributed by atoms with Gasteiger partial charge in [0.15, 0.2) is 23.1 Å². The number of ether oxygens (including phenoxy) is 2. The number of hydrogen-bond donors (Lipinski definition) is 1. The van der Waals surface area contributed by atoms with E-state index in [4.69, 9.17) is 21.1 Å². The molecule has 3 aliphatic rings. The van der Waals surface area contributed by atoms with Gasteiger partial charge in [0.2, 0.25) is 0 Å². The highest BCUT2D eigenvalue weighted by atomic mass is 127. The second kappa shape index (κ2) is 11.9. The molecule has 1 N–H and O–H groups in total. The molecule has 0 unspecified atom stereocenters. The van der Waals surface area contributed by atoms with Crippen LogP contribution in [0.3, 0.4) is 0 Å². The van der Waals surface area contributed by atoms with E-state index in [1.807, 2.05) is 71.0 Å². The molecular formula is C34H37ClINO6. The molecule has 0 radical (unpaired) electrons. The fourth-order valence-corrected chi connectivity index (χ4v) is 7.51. The maximum atomic E-state index is 14.0. The second-order valence-corrected chi connectivity index (χ2v) is 14.8. The summed E-state index contributed by atoms with van der Waals surface area (Å²) in [5, 5.41) is 10.6. The maximum Gasteiger partial charge on any atom is 0.323 e. The van der Waals surface area contributed by atoms with E-state index < -0.39 is 11.9 Å². The zero-order valence-corrected chi connectivity index (χ0v) is 28.1. The van der Waals surface area contributed by atoms with Gasteiger partial charge in [-0.05, 0) is 88.6 Å². The molecule has 0 spiro atoms. The third kappa shape index (κ3) is 6.50. The molecule has 7 nitrogen and oxygen atoms in total. The fourth-order valence-electron chi connectivity index (χ4n) is 6.60. The van der Waals surface area contributed by atoms with Crippen LogP contribution in [0.5, 0.6) is 11.5 Å². The lowest BCUT2D eigenvalue weighted by molar-refractivity contribution is -0.138. The Hall–Kier alpha value is -2.85. The number of allylic oxidation sites excluding steroid dienone is 4. The Kier molecular flexibility index (Phi) is 8.75. The Morgan fingerprint density at radius 2 is 1.51 bits per heavy atom. The highest BCUT2D eigenvalue weighted by Crippen LogP contribution is 2.55. The molecule has 228 valence electrons. The average molecular weight is 718 g/mol. The van der Waals surface area contributed by atoms with E-state index >= 15 is 0 Å². The first-order chi connectivity index (χ1) is 20.2. The van der Waals surface area contributed by atoms with Gasteiger partial charge in [-0.2, -0.15) is 0 Å². The molecule has 0 bridgehead atoms. The molecular weight excluding hydrogens is 681 g/mol. The van der Waals surface area contributed by atoms with Gasteiger partial charge in [-0.3, -0.25) is 14.4 Å². The zero-order chi connectivity index (χ0) is 31.3. The summed E-state index contributed by atoms with van der Waals surface area (Å²) in [6, 6.07) is 11.3. The summed E-state index contributed by atoms with van der Waals surface area (Å²) in [5.74, 6) is -0.596. The number of rotatable bonds is 8. The quantitative estimate of drug-likeness (QED) is 0.280. The number of carbonyl (C=O) groups is 3. The molecule has 2 aromatic rings. The van der Waals surface area contributed by atoms with Crippen LogP contribution >= 0.6 is 34.2 Å². The summed E-state index contributed by atoms with van der Waals surface area (Å²) in [6.45, 7) is 10.4. The maximum absolute atomic E-state index is 14.0. The van der Waals surface area contributed by atoms with Crippen molar-refractivity contribution in [2.75, 3.05) is 13.2 Å². The minimum Gasteiger partial charge on any atom is -0.490 e. The van der Waals surface area contributed by atoms with Gasteiger partial charge in [-0.25, -0.2) is 0 Å². The summed E-state index contributed by atoms with van der Waals surface area (Å²) < 4.78 is 13.1. The molecule has 0 amide bonds. The molecule has 5 rings (SSSR count). The lowest BCUT2D eigenvalue weighted by atomic mass is 9.63. The summed E-state index contributed by atoms with van der Waals surface area (Å²) in [7, 11) is 0. The molecule has 1 heterocycles. The van der Waals surface area contributed by atoms with Crippen LogP contribution < -0.4 is 9.47 Å². The Labute approximate surface area is 271 Å². The van der Waals surface area contributed by atoms with Gasteiger partial charge in [0.05, 0.1) is 10.2 Å². The highest BCUT2D eigenvalue weighted by molar-refractivity contribution is 14.1. The third-order valence-corrected chi connectivity index (χ3v) is 9.33. The number of carboxylic acids is 1. The lowest BCUT2D eigenvalue weighted by Gasteiger charge is -2.48. The van der Waals surface area contributed by atoms with E-state index in [-0.39, 0.29) is 28.9 Å². The molecule has 2 aliphatic carbocycles. The largest absolute Gasteiger partial charge is 0.490 e. The number of carbonyl (C=O) groups excluding carboxylic acids is 2. The van der Waals surface area contributed by atoms with Crippen LogP contribution in [-0.2, 0) is 21.0 Å². The topological polar surface area (TPSA) is 93.1 Å². The van der Waals surface area contributed by atoms with Crippen molar-refractivity contribution in [3.05, 3.63) is 78.7 Å². The number of Topliss-reactive ketones (excluding diaryl/α,β-unsaturated/α-hetero) is 2. The van der Waals surface area contributed by atoms with Crippen molar-refractivity contribution >= 4 is 51.7 Å². The van der Waals surface area contributed by atoms with Crippen LogP contribution in [0.4, 0.5) is 0 Å². The van der Waals surface area contributed by atoms with Crippen molar-refractivity contribution in [2.45, 2.75) is 72.8 Å². The summed E-state index contributed by atoms with van der Waals surface area (Å²) in [5.41, 5.74) is 3.53. The van der Waals surface area contributed by atoms with Gasteiger partial charge < -0.3 is 19.5 Å². The summed E-state index contributed by atoms with van der Waals surface area (Å²) in [6.07, 6.45) is 1.73. The monoisotopic (exact) mass is 717 g/mol. The van der Waals surface area contributed by atoms with Crippen molar-refractivity contribution in [1.29, 1.82) is 0 Å². The van der Waals surface area contributed by atoms with Crippen LogP contribution in [0.15, 0.2) is 58.9 Å². The second-order valence-electron chi connectivity index (χ2n) is 13.2. The summed E-state index contributed by atoms with van der Waals surface area (Å²) >= 11 is 8.26. The predicted octanol–water partition coefficient (Wildman–Crippen LogP) is 7.69. The standard InChI is InChI=1S/C34H37ClINO6/c1-6-42-27-12-20(11-22(36)32(27)43-18-19-7-9-21(35)10-8-19)29-30-23(13-33(2,3)15-25(30)38)37(17-28(40)41)24-14-34(4,5)16-26(39)31(24)29/h7-12,29H,6,13-18H2,1-5H3,(H,40,41). The van der Waals surface area contributed by atoms with Crippen molar-refractivity contribution in [2.24, 2.45) is 10.8 Å². The smallest absolute Gasteiger partial charge is 0.323 e. The Bertz CT molecular complexity index is 1500. The Balaban J connectivity index is 1.67. The molecule has 0 saturated heterocycles. The van der Waals surface area contributed by atoms with E-state index in [9.17, 15) is 19.5 Å². The minimum atomic E-state index is -1.00. The molecule has 9 heteroatoms. The molecule has 43 heavy (non-hydrogen) atoms. The number of ketones is 2. The Morgan fingerprint density at radius 1 is 0.953 bits per heavy atom. The van der Waals surface area contributed by atoms with Crippen LogP contribution in [0.1, 0.15) is 77.3 Å². The molecule has 2 aromatic carbocycles. The lowest BCUT2D eigenvalue weighted by Crippen LogP contribution is -2.45. The SMILES string of the molecule is CCOc1cc(C2C3=C(CC(C)(C)CC3=O)N(CC(=O)O)C3=C2C(=O)CC(C)(C)C3)cc(I)c1OCc1ccc(Cl)cc1. The zero-order valence-electron chi connectivity index (χ0n) is 25.2. The van der Waals surface area contributed by atoms with E-state index in [1.165, 1.54) is 0 Å². The van der Waals surface area contributed by atoms with E-state index in [2.05, 4.69) is 22.6 Å². The molecule has 0 atom stereocenters. The number of aliphatic carboxylic acids is 1. The molecule has 0 fully saturated rings. The van der Waals surface area contributed by atoms with Crippen LogP contribution in [0, 0.1) is 14.4 Å². The first-order valence-electron chi connectivity index (χ1n) is 14.5. The number of carboxylic acid groups (broad SMARTS) is 1. The molecule has 1 aliphatic heterocycles. The van der Waals surface area contributed by atoms with Gasteiger partial charge in [-0.15, -0.1) is 0 Å². The van der Waals surface area contributed by atoms with Gasteiger partial charge in [0.1, 0.15) is 13.2 Å². The number of halogens is 2. The van der Waals surface area contributed by atoms with Crippen LogP contribution in [0.25, 0.3) is 0 Å². The van der Waals surface area contributed by atoms with E-state index in [0.29, 0.717) is 78.0 Å². The highest BCUT2D eigenvalue weighted by Gasteiger charge is 2.49.